The predicted molar refractivity (Wildman–Crippen MR) is 132 cm³/mol. The lowest BCUT2D eigenvalue weighted by atomic mass is 9.93. The number of nitrogens with one attached hydrogen (secondary N) is 2. The Morgan fingerprint density at radius 1 is 1.10 bits per heavy atom. The molecule has 0 aliphatic rings. The molecule has 0 aliphatic heterocycles. The molecule has 3 N–H and O–H groups in total. The van der Waals surface area contributed by atoms with Gasteiger partial charge in [0.2, 0.25) is 5.91 Å². The first kappa shape index (κ1) is 27.6. The summed E-state index contributed by atoms with van der Waals surface area (Å²) in [6.45, 7) is 8.36. The zero-order valence-corrected chi connectivity index (χ0v) is 20.7. The van der Waals surface area contributed by atoms with E-state index in [0.29, 0.717) is 32.0 Å². The molecule has 0 unspecified atom stereocenters. The number of carbonyl (C=O) groups excluding carboxylic acids is 1. The largest absolute Gasteiger partial charge is 0.388 e. The Hall–Kier alpha value is -1.35. The lowest BCUT2D eigenvalue weighted by Gasteiger charge is -2.26. The lowest BCUT2D eigenvalue weighted by molar-refractivity contribution is -0.130. The molecule has 0 saturated carbocycles. The second-order valence-corrected chi connectivity index (χ2v) is 7.33. The van der Waals surface area contributed by atoms with Crippen molar-refractivity contribution in [3.63, 3.8) is 0 Å². The molecule has 0 fully saturated rings. The lowest BCUT2D eigenvalue weighted by Crippen LogP contribution is -2.41. The van der Waals surface area contributed by atoms with Gasteiger partial charge in [0.25, 0.3) is 0 Å². The van der Waals surface area contributed by atoms with Crippen LogP contribution in [0.15, 0.2) is 35.3 Å². The molecule has 0 saturated heterocycles. The van der Waals surface area contributed by atoms with Gasteiger partial charge in [0, 0.05) is 33.1 Å². The molecule has 1 aromatic carbocycles. The first-order valence-corrected chi connectivity index (χ1v) is 10.5. The van der Waals surface area contributed by atoms with E-state index in [1.165, 1.54) is 0 Å². The Labute approximate surface area is 193 Å². The maximum atomic E-state index is 12.4. The van der Waals surface area contributed by atoms with Gasteiger partial charge in [-0.3, -0.25) is 9.79 Å². The van der Waals surface area contributed by atoms with Crippen molar-refractivity contribution < 1.29 is 9.90 Å². The number of rotatable bonds is 12. The minimum Gasteiger partial charge on any atom is -0.388 e. The predicted octanol–water partition coefficient (Wildman–Crippen LogP) is 3.54. The van der Waals surface area contributed by atoms with Gasteiger partial charge in [-0.25, -0.2) is 0 Å². The Balaban J connectivity index is 0.00000784. The van der Waals surface area contributed by atoms with Crippen LogP contribution in [-0.4, -0.2) is 54.2 Å². The number of hydrogen-bond donors (Lipinski definition) is 3. The zero-order chi connectivity index (χ0) is 20.8. The summed E-state index contributed by atoms with van der Waals surface area (Å²) < 4.78 is 0. The van der Waals surface area contributed by atoms with Gasteiger partial charge in [0.15, 0.2) is 5.96 Å². The fourth-order valence-corrected chi connectivity index (χ4v) is 3.21. The van der Waals surface area contributed by atoms with Gasteiger partial charge in [0.1, 0.15) is 0 Å². The second kappa shape index (κ2) is 15.5. The summed E-state index contributed by atoms with van der Waals surface area (Å²) in [5.41, 5.74) is 0.366. The van der Waals surface area contributed by atoms with E-state index in [1.54, 1.807) is 4.90 Å². The van der Waals surface area contributed by atoms with Crippen molar-refractivity contribution in [2.75, 3.05) is 26.7 Å². The van der Waals surface area contributed by atoms with Gasteiger partial charge in [-0.05, 0) is 25.3 Å². The summed E-state index contributed by atoms with van der Waals surface area (Å²) >= 11 is 0. The molecule has 1 amide bonds. The van der Waals surface area contributed by atoms with Crippen molar-refractivity contribution in [3.8, 4) is 0 Å². The van der Waals surface area contributed by atoms with Crippen LogP contribution in [0.3, 0.4) is 0 Å². The average Bonchev–Trinajstić information content (AvgIpc) is 2.67. The molecule has 0 bridgehead atoms. The van der Waals surface area contributed by atoms with E-state index >= 15 is 0 Å². The van der Waals surface area contributed by atoms with Crippen LogP contribution >= 0.6 is 24.0 Å². The van der Waals surface area contributed by atoms with Gasteiger partial charge in [-0.2, -0.15) is 0 Å². The third-order valence-corrected chi connectivity index (χ3v) is 4.63. The number of halogens is 1. The van der Waals surface area contributed by atoms with E-state index in [2.05, 4.69) is 29.5 Å². The van der Waals surface area contributed by atoms with Gasteiger partial charge < -0.3 is 20.6 Å². The number of aliphatic hydroxyl groups is 1. The minimum absolute atomic E-state index is 0. The van der Waals surface area contributed by atoms with Crippen LogP contribution in [0.4, 0.5) is 0 Å². The Morgan fingerprint density at radius 2 is 1.72 bits per heavy atom. The number of hydrogen-bond acceptors (Lipinski definition) is 3. The Morgan fingerprint density at radius 3 is 2.28 bits per heavy atom. The van der Waals surface area contributed by atoms with Crippen LogP contribution in [0, 0.1) is 0 Å². The van der Waals surface area contributed by atoms with E-state index in [0.717, 1.165) is 37.8 Å². The molecule has 0 radical (unpaired) electrons. The van der Waals surface area contributed by atoms with Crippen LogP contribution in [0.25, 0.3) is 0 Å². The standard InChI is InChI=1S/C22H38N4O2.HI/c1-5-14-22(28,15-6-2)18-25-21(23-7-3)24-16-13-20(27)26(4)17-19-11-9-8-10-12-19;/h8-12,28H,5-7,13-18H2,1-4H3,(H2,23,24,25);1H. The van der Waals surface area contributed by atoms with E-state index in [1.807, 2.05) is 44.3 Å². The molecule has 6 nitrogen and oxygen atoms in total. The molecule has 29 heavy (non-hydrogen) atoms. The number of benzene rings is 1. The van der Waals surface area contributed by atoms with Crippen molar-refractivity contribution in [2.24, 2.45) is 4.99 Å². The van der Waals surface area contributed by atoms with Crippen LogP contribution in [0.1, 0.15) is 58.4 Å². The normalized spacial score (nSPS) is 11.6. The van der Waals surface area contributed by atoms with E-state index in [9.17, 15) is 9.90 Å². The molecular formula is C22H39IN4O2. The average molecular weight is 518 g/mol. The molecule has 0 heterocycles. The maximum absolute atomic E-state index is 12.4. The summed E-state index contributed by atoms with van der Waals surface area (Å²) in [7, 11) is 1.82. The highest BCUT2D eigenvalue weighted by atomic mass is 127. The third kappa shape index (κ3) is 11.4. The van der Waals surface area contributed by atoms with Crippen LogP contribution in [0.5, 0.6) is 0 Å². The first-order chi connectivity index (χ1) is 13.4. The number of aliphatic imine (C=N–C) groups is 1. The smallest absolute Gasteiger partial charge is 0.224 e. The van der Waals surface area contributed by atoms with Gasteiger partial charge >= 0.3 is 0 Å². The Bertz CT molecular complexity index is 590. The molecule has 0 aromatic heterocycles. The summed E-state index contributed by atoms with van der Waals surface area (Å²) in [6, 6.07) is 9.97. The van der Waals surface area contributed by atoms with Gasteiger partial charge in [0.05, 0.1) is 12.1 Å². The highest BCUT2D eigenvalue weighted by Crippen LogP contribution is 2.19. The van der Waals surface area contributed by atoms with Gasteiger partial charge in [-0.1, -0.05) is 57.0 Å². The molecule has 1 aromatic rings. The highest BCUT2D eigenvalue weighted by molar-refractivity contribution is 14.0. The number of carbonyl (C=O) groups is 1. The summed E-state index contributed by atoms with van der Waals surface area (Å²) in [5.74, 6) is 0.729. The topological polar surface area (TPSA) is 77.0 Å². The first-order valence-electron chi connectivity index (χ1n) is 10.5. The summed E-state index contributed by atoms with van der Waals surface area (Å²) in [5, 5.41) is 17.1. The molecule has 1 rings (SSSR count). The fourth-order valence-electron chi connectivity index (χ4n) is 3.21. The minimum atomic E-state index is -0.752. The number of nitrogens with zero attached hydrogens (tertiary/aromatic N) is 2. The van der Waals surface area contributed by atoms with E-state index < -0.39 is 5.60 Å². The molecule has 7 heteroatoms. The van der Waals surface area contributed by atoms with Crippen molar-refractivity contribution >= 4 is 35.8 Å². The van der Waals surface area contributed by atoms with Crippen molar-refractivity contribution in [1.82, 2.24) is 15.5 Å². The molecule has 0 aliphatic carbocycles. The van der Waals surface area contributed by atoms with Crippen molar-refractivity contribution in [1.29, 1.82) is 0 Å². The summed E-state index contributed by atoms with van der Waals surface area (Å²) in [6.07, 6.45) is 3.73. The molecule has 0 spiro atoms. The molecule has 166 valence electrons. The van der Waals surface area contributed by atoms with Gasteiger partial charge in [-0.15, -0.1) is 24.0 Å². The quantitative estimate of drug-likeness (QED) is 0.225. The highest BCUT2D eigenvalue weighted by Gasteiger charge is 2.24. The van der Waals surface area contributed by atoms with Crippen LogP contribution in [0.2, 0.25) is 0 Å². The van der Waals surface area contributed by atoms with Crippen molar-refractivity contribution in [3.05, 3.63) is 35.9 Å². The molecular weight excluding hydrogens is 479 g/mol. The van der Waals surface area contributed by atoms with Crippen LogP contribution in [-0.2, 0) is 11.3 Å². The fraction of sp³-hybridized carbons (Fsp3) is 0.636. The zero-order valence-electron chi connectivity index (χ0n) is 18.4. The third-order valence-electron chi connectivity index (χ3n) is 4.63. The van der Waals surface area contributed by atoms with Crippen molar-refractivity contribution in [2.45, 2.75) is 65.0 Å². The monoisotopic (exact) mass is 518 g/mol. The number of amides is 1. The van der Waals surface area contributed by atoms with E-state index in [4.69, 9.17) is 0 Å². The Kier molecular flexibility index (Phi) is 14.8. The second-order valence-electron chi connectivity index (χ2n) is 7.33. The maximum Gasteiger partial charge on any atom is 0.224 e. The van der Waals surface area contributed by atoms with Crippen LogP contribution < -0.4 is 10.6 Å². The summed E-state index contributed by atoms with van der Waals surface area (Å²) in [4.78, 5) is 18.7. The number of guanidine groups is 1. The van der Waals surface area contributed by atoms with E-state index in [-0.39, 0.29) is 29.9 Å². The SMILES string of the molecule is CCCC(O)(CCC)CN=C(NCC)NCCC(=O)N(C)Cc1ccccc1.I. The molecule has 0 atom stereocenters.